The lowest BCUT2D eigenvalue weighted by Gasteiger charge is -2.19. The number of amides is 1. The summed E-state index contributed by atoms with van der Waals surface area (Å²) in [4.78, 5) is 12.2. The number of carbonyl (C=O) groups is 1. The largest absolute Gasteiger partial charge is 0.491 e. The second kappa shape index (κ2) is 5.91. The van der Waals surface area contributed by atoms with E-state index >= 15 is 0 Å². The Morgan fingerprint density at radius 2 is 2.20 bits per heavy atom. The molecule has 5 heteroatoms. The normalized spacial score (nSPS) is 16.4. The number of carbonyl (C=O) groups excluding carboxylic acids is 1. The van der Waals surface area contributed by atoms with E-state index < -0.39 is 11.2 Å². The summed E-state index contributed by atoms with van der Waals surface area (Å²) < 4.78 is 18.8. The predicted molar refractivity (Wildman–Crippen MR) is 72.7 cm³/mol. The van der Waals surface area contributed by atoms with Gasteiger partial charge in [-0.1, -0.05) is 12.8 Å². The zero-order valence-corrected chi connectivity index (χ0v) is 11.4. The Hall–Kier alpha value is -2.09. The second-order valence-corrected chi connectivity index (χ2v) is 4.93. The number of nitrogens with one attached hydrogen (secondary N) is 1. The summed E-state index contributed by atoms with van der Waals surface area (Å²) in [6, 6.07) is 6.37. The highest BCUT2D eigenvalue weighted by molar-refractivity contribution is 5.97. The zero-order valence-electron chi connectivity index (χ0n) is 11.4. The second-order valence-electron chi connectivity index (χ2n) is 4.93. The molecule has 106 valence electrons. The average Bonchev–Trinajstić information content (AvgIpc) is 2.92. The number of nitrogens with zero attached hydrogens (tertiary/aromatic N) is 1. The molecule has 0 aliphatic heterocycles. The summed E-state index contributed by atoms with van der Waals surface area (Å²) in [5.74, 6) is -0.718. The lowest BCUT2D eigenvalue weighted by Crippen LogP contribution is -2.32. The van der Waals surface area contributed by atoms with Gasteiger partial charge in [0.2, 0.25) is 5.91 Å². The van der Waals surface area contributed by atoms with E-state index in [2.05, 4.69) is 11.4 Å². The van der Waals surface area contributed by atoms with Crippen LogP contribution in [0.4, 0.5) is 10.1 Å². The van der Waals surface area contributed by atoms with E-state index in [-0.39, 0.29) is 11.7 Å². The third kappa shape index (κ3) is 2.74. The highest BCUT2D eigenvalue weighted by Crippen LogP contribution is 2.38. The van der Waals surface area contributed by atoms with Gasteiger partial charge in [-0.15, -0.1) is 0 Å². The van der Waals surface area contributed by atoms with E-state index in [1.165, 1.54) is 12.1 Å². The lowest BCUT2D eigenvalue weighted by molar-refractivity contribution is -0.122. The van der Waals surface area contributed by atoms with E-state index in [9.17, 15) is 14.4 Å². The molecule has 0 heterocycles. The van der Waals surface area contributed by atoms with Crippen molar-refractivity contribution in [3.8, 4) is 11.8 Å². The molecule has 0 saturated heterocycles. The van der Waals surface area contributed by atoms with E-state index in [0.717, 1.165) is 12.8 Å². The van der Waals surface area contributed by atoms with Crippen LogP contribution in [0.3, 0.4) is 0 Å². The molecule has 1 amide bonds. The summed E-state index contributed by atoms with van der Waals surface area (Å²) in [6.07, 6.45) is 2.88. The number of rotatable bonds is 4. The smallest absolute Gasteiger partial charge is 0.244 e. The van der Waals surface area contributed by atoms with Crippen molar-refractivity contribution in [1.82, 2.24) is 0 Å². The first-order valence-electron chi connectivity index (χ1n) is 6.76. The fourth-order valence-corrected chi connectivity index (χ4v) is 2.47. The molecule has 0 spiro atoms. The minimum atomic E-state index is -0.963. The van der Waals surface area contributed by atoms with Crippen molar-refractivity contribution in [2.75, 3.05) is 11.9 Å². The topological polar surface area (TPSA) is 62.1 Å². The molecule has 0 unspecified atom stereocenters. The zero-order chi connectivity index (χ0) is 14.6. The quantitative estimate of drug-likeness (QED) is 0.918. The maximum absolute atomic E-state index is 13.7. The highest BCUT2D eigenvalue weighted by atomic mass is 19.1. The average molecular weight is 276 g/mol. The Morgan fingerprint density at radius 3 is 2.75 bits per heavy atom. The molecule has 1 saturated carbocycles. The van der Waals surface area contributed by atoms with Crippen molar-refractivity contribution >= 4 is 11.6 Å². The van der Waals surface area contributed by atoms with Crippen LogP contribution in [0.15, 0.2) is 18.2 Å². The molecule has 1 aromatic rings. The van der Waals surface area contributed by atoms with E-state index in [1.807, 2.05) is 0 Å². The van der Waals surface area contributed by atoms with E-state index in [4.69, 9.17) is 4.74 Å². The Morgan fingerprint density at radius 1 is 1.50 bits per heavy atom. The molecule has 20 heavy (non-hydrogen) atoms. The molecule has 0 atom stereocenters. The summed E-state index contributed by atoms with van der Waals surface area (Å²) >= 11 is 0. The molecule has 0 aromatic heterocycles. The van der Waals surface area contributed by atoms with Crippen molar-refractivity contribution in [2.24, 2.45) is 5.41 Å². The first kappa shape index (κ1) is 14.3. The molecule has 2 rings (SSSR count). The molecule has 1 fully saturated rings. The van der Waals surface area contributed by atoms with Gasteiger partial charge < -0.3 is 10.1 Å². The van der Waals surface area contributed by atoms with Crippen LogP contribution in [0.1, 0.15) is 32.6 Å². The van der Waals surface area contributed by atoms with Crippen molar-refractivity contribution in [3.63, 3.8) is 0 Å². The lowest BCUT2D eigenvalue weighted by atomic mass is 9.87. The Balaban J connectivity index is 2.12. The minimum Gasteiger partial charge on any atom is -0.491 e. The summed E-state index contributed by atoms with van der Waals surface area (Å²) in [6.45, 7) is 2.14. The fraction of sp³-hybridized carbons (Fsp3) is 0.467. The van der Waals surface area contributed by atoms with Gasteiger partial charge in [-0.3, -0.25) is 4.79 Å². The van der Waals surface area contributed by atoms with Crippen LogP contribution in [0.5, 0.6) is 5.75 Å². The van der Waals surface area contributed by atoms with Crippen molar-refractivity contribution in [3.05, 3.63) is 24.0 Å². The molecule has 1 N–H and O–H groups in total. The number of benzene rings is 1. The minimum absolute atomic E-state index is 0.154. The standard InChI is InChI=1S/C15H17FN2O2/c1-2-20-13-6-5-11(9-12(13)16)18-14(19)15(10-17)7-3-4-8-15/h5-6,9H,2-4,7-8H2,1H3,(H,18,19). The van der Waals surface area contributed by atoms with Gasteiger partial charge >= 0.3 is 0 Å². The van der Waals surface area contributed by atoms with Crippen LogP contribution in [0.2, 0.25) is 0 Å². The van der Waals surface area contributed by atoms with Gasteiger partial charge in [0.1, 0.15) is 5.41 Å². The van der Waals surface area contributed by atoms with Gasteiger partial charge in [0, 0.05) is 11.8 Å². The van der Waals surface area contributed by atoms with Crippen LogP contribution < -0.4 is 10.1 Å². The van der Waals surface area contributed by atoms with Gasteiger partial charge in [-0.2, -0.15) is 5.26 Å². The van der Waals surface area contributed by atoms with Crippen molar-refractivity contribution < 1.29 is 13.9 Å². The van der Waals surface area contributed by atoms with Gasteiger partial charge in [-0.25, -0.2) is 4.39 Å². The van der Waals surface area contributed by atoms with Crippen LogP contribution >= 0.6 is 0 Å². The van der Waals surface area contributed by atoms with Gasteiger partial charge in [-0.05, 0) is 31.9 Å². The first-order valence-corrected chi connectivity index (χ1v) is 6.76. The highest BCUT2D eigenvalue weighted by Gasteiger charge is 2.41. The molecule has 1 aliphatic carbocycles. The summed E-state index contributed by atoms with van der Waals surface area (Å²) in [7, 11) is 0. The molecular weight excluding hydrogens is 259 g/mol. The number of anilines is 1. The molecule has 4 nitrogen and oxygen atoms in total. The summed E-state index contributed by atoms with van der Waals surface area (Å²) in [5.41, 5.74) is -0.618. The van der Waals surface area contributed by atoms with Crippen LogP contribution in [0, 0.1) is 22.6 Å². The van der Waals surface area contributed by atoms with Crippen LogP contribution in [0.25, 0.3) is 0 Å². The molecule has 0 radical (unpaired) electrons. The number of nitriles is 1. The SMILES string of the molecule is CCOc1ccc(NC(=O)C2(C#N)CCCC2)cc1F. The van der Waals surface area contributed by atoms with Crippen LogP contribution in [-0.2, 0) is 4.79 Å². The van der Waals surface area contributed by atoms with Crippen molar-refractivity contribution in [1.29, 1.82) is 5.26 Å². The number of ether oxygens (including phenoxy) is 1. The Bertz CT molecular complexity index is 545. The Kier molecular flexibility index (Phi) is 4.23. The van der Waals surface area contributed by atoms with Gasteiger partial charge in [0.15, 0.2) is 11.6 Å². The number of hydrogen-bond acceptors (Lipinski definition) is 3. The Labute approximate surface area is 117 Å². The first-order chi connectivity index (χ1) is 9.61. The van der Waals surface area contributed by atoms with Gasteiger partial charge in [0.05, 0.1) is 12.7 Å². The number of hydrogen-bond donors (Lipinski definition) is 1. The molecular formula is C15H17FN2O2. The third-order valence-corrected chi connectivity index (χ3v) is 3.60. The van der Waals surface area contributed by atoms with E-state index in [1.54, 1.807) is 13.0 Å². The van der Waals surface area contributed by atoms with Crippen LogP contribution in [-0.4, -0.2) is 12.5 Å². The van der Waals surface area contributed by atoms with E-state index in [0.29, 0.717) is 25.1 Å². The molecule has 0 bridgehead atoms. The maximum atomic E-state index is 13.7. The maximum Gasteiger partial charge on any atom is 0.244 e. The molecule has 1 aliphatic rings. The van der Waals surface area contributed by atoms with Crippen molar-refractivity contribution in [2.45, 2.75) is 32.6 Å². The monoisotopic (exact) mass is 276 g/mol. The fourth-order valence-electron chi connectivity index (χ4n) is 2.47. The van der Waals surface area contributed by atoms with Gasteiger partial charge in [0.25, 0.3) is 0 Å². The molecule has 1 aromatic carbocycles. The third-order valence-electron chi connectivity index (χ3n) is 3.60. The predicted octanol–water partition coefficient (Wildman–Crippen LogP) is 3.25. The number of halogens is 1. The summed E-state index contributed by atoms with van der Waals surface area (Å²) in [5, 5.41) is 11.9.